The Kier molecular flexibility index (Phi) is 6.55. The van der Waals surface area contributed by atoms with Gasteiger partial charge >= 0.3 is 0 Å². The Balaban J connectivity index is 1.48. The second-order valence-corrected chi connectivity index (χ2v) is 9.82. The fourth-order valence-corrected chi connectivity index (χ4v) is 5.44. The van der Waals surface area contributed by atoms with Crippen molar-refractivity contribution in [1.29, 1.82) is 0 Å². The van der Waals surface area contributed by atoms with Crippen LogP contribution >= 0.6 is 0 Å². The van der Waals surface area contributed by atoms with E-state index in [9.17, 15) is 13.2 Å². The smallest absolute Gasteiger partial charge is 0.224 e. The van der Waals surface area contributed by atoms with Gasteiger partial charge in [-0.3, -0.25) is 4.79 Å². The van der Waals surface area contributed by atoms with Crippen LogP contribution in [0.4, 0.5) is 0 Å². The van der Waals surface area contributed by atoms with E-state index in [1.165, 1.54) is 28.3 Å². The van der Waals surface area contributed by atoms with E-state index in [0.717, 1.165) is 18.4 Å². The lowest BCUT2D eigenvalue weighted by Gasteiger charge is -2.34. The van der Waals surface area contributed by atoms with Gasteiger partial charge in [-0.15, -0.1) is 0 Å². The van der Waals surface area contributed by atoms with Crippen LogP contribution in [-0.2, 0) is 38.8 Å². The minimum absolute atomic E-state index is 0.0810. The lowest BCUT2D eigenvalue weighted by Crippen LogP contribution is -2.49. The molecule has 1 aliphatic carbocycles. The molecule has 0 aromatic heterocycles. The fraction of sp³-hybridized carbons (Fsp3) is 0.650. The molecule has 1 aliphatic heterocycles. The average Bonchev–Trinajstić information content (AvgIpc) is 2.60. The van der Waals surface area contributed by atoms with Crippen molar-refractivity contribution in [2.24, 2.45) is 0 Å². The Morgan fingerprint density at radius 1 is 1.15 bits per heavy atom. The van der Waals surface area contributed by atoms with E-state index < -0.39 is 10.0 Å². The molecular formula is C20H30N2O4S. The van der Waals surface area contributed by atoms with Gasteiger partial charge in [0.2, 0.25) is 15.9 Å². The second-order valence-electron chi connectivity index (χ2n) is 7.73. The van der Waals surface area contributed by atoms with Crippen molar-refractivity contribution in [2.75, 3.05) is 25.4 Å². The van der Waals surface area contributed by atoms with Crippen molar-refractivity contribution in [3.05, 3.63) is 34.9 Å². The van der Waals surface area contributed by atoms with Crippen LogP contribution in [0.15, 0.2) is 18.2 Å². The standard InChI is InChI=1S/C20H30N2O4S/c1-15-13-22(14-16(2)26-15)27(24,25)10-9-21-20(23)12-17-7-8-18-5-3-4-6-19(18)11-17/h7-8,11,15-16H,3-6,9-10,12-14H2,1-2H3,(H,21,23)/t15-,16+. The molecule has 2 aliphatic rings. The van der Waals surface area contributed by atoms with Crippen LogP contribution in [0.5, 0.6) is 0 Å². The number of carbonyl (C=O) groups excluding carboxylic acids is 1. The number of aryl methyl sites for hydroxylation is 2. The summed E-state index contributed by atoms with van der Waals surface area (Å²) in [6, 6.07) is 6.26. The van der Waals surface area contributed by atoms with Crippen LogP contribution < -0.4 is 5.32 Å². The van der Waals surface area contributed by atoms with E-state index in [1.807, 2.05) is 19.9 Å². The van der Waals surface area contributed by atoms with Crippen molar-refractivity contribution in [3.8, 4) is 0 Å². The van der Waals surface area contributed by atoms with E-state index in [4.69, 9.17) is 4.74 Å². The van der Waals surface area contributed by atoms with Gasteiger partial charge in [-0.1, -0.05) is 18.2 Å². The third-order valence-electron chi connectivity index (χ3n) is 5.24. The summed E-state index contributed by atoms with van der Waals surface area (Å²) in [6.07, 6.45) is 4.72. The molecule has 0 unspecified atom stereocenters. The zero-order valence-corrected chi connectivity index (χ0v) is 17.1. The zero-order valence-electron chi connectivity index (χ0n) is 16.2. The highest BCUT2D eigenvalue weighted by atomic mass is 32.2. The molecule has 1 saturated heterocycles. The molecule has 1 fully saturated rings. The Morgan fingerprint density at radius 2 is 1.81 bits per heavy atom. The maximum Gasteiger partial charge on any atom is 0.224 e. The van der Waals surface area contributed by atoms with Crippen LogP contribution in [0.3, 0.4) is 0 Å². The molecule has 1 aromatic rings. The summed E-state index contributed by atoms with van der Waals surface area (Å²) < 4.78 is 32.1. The van der Waals surface area contributed by atoms with Gasteiger partial charge in [0.1, 0.15) is 0 Å². The van der Waals surface area contributed by atoms with Crippen molar-refractivity contribution in [2.45, 2.75) is 58.2 Å². The first kappa shape index (κ1) is 20.3. The molecule has 7 heteroatoms. The predicted octanol–water partition coefficient (Wildman–Crippen LogP) is 1.66. The molecule has 2 atom stereocenters. The van der Waals surface area contributed by atoms with Gasteiger partial charge in [0.05, 0.1) is 24.4 Å². The van der Waals surface area contributed by atoms with E-state index in [1.54, 1.807) is 0 Å². The van der Waals surface area contributed by atoms with E-state index in [0.29, 0.717) is 19.5 Å². The van der Waals surface area contributed by atoms with Crippen molar-refractivity contribution >= 4 is 15.9 Å². The van der Waals surface area contributed by atoms with Crippen LogP contribution in [0.1, 0.15) is 43.4 Å². The van der Waals surface area contributed by atoms with Crippen LogP contribution in [0, 0.1) is 0 Å². The highest BCUT2D eigenvalue weighted by molar-refractivity contribution is 7.89. The molecule has 6 nitrogen and oxygen atoms in total. The summed E-state index contributed by atoms with van der Waals surface area (Å²) >= 11 is 0. The van der Waals surface area contributed by atoms with Gasteiger partial charge in [-0.25, -0.2) is 8.42 Å². The molecule has 0 saturated carbocycles. The van der Waals surface area contributed by atoms with Crippen LogP contribution in [-0.4, -0.2) is 56.2 Å². The first-order chi connectivity index (χ1) is 12.8. The number of nitrogens with zero attached hydrogens (tertiary/aromatic N) is 1. The summed E-state index contributed by atoms with van der Waals surface area (Å²) in [6.45, 7) is 4.62. The maximum absolute atomic E-state index is 12.5. The first-order valence-electron chi connectivity index (χ1n) is 9.84. The topological polar surface area (TPSA) is 75.7 Å². The number of benzene rings is 1. The maximum atomic E-state index is 12.5. The third kappa shape index (κ3) is 5.53. The number of fused-ring (bicyclic) bond motifs is 1. The Labute approximate surface area is 162 Å². The minimum atomic E-state index is -3.39. The number of rotatable bonds is 6. The highest BCUT2D eigenvalue weighted by Crippen LogP contribution is 2.22. The lowest BCUT2D eigenvalue weighted by molar-refractivity contribution is -0.120. The molecule has 0 spiro atoms. The molecule has 1 amide bonds. The number of nitrogens with one attached hydrogen (secondary N) is 1. The van der Waals surface area contributed by atoms with Gasteiger partial charge in [-0.2, -0.15) is 4.31 Å². The van der Waals surface area contributed by atoms with Gasteiger partial charge in [0, 0.05) is 19.6 Å². The second kappa shape index (κ2) is 8.71. The largest absolute Gasteiger partial charge is 0.373 e. The number of morpholine rings is 1. The molecule has 150 valence electrons. The SMILES string of the molecule is C[C@@H]1CN(S(=O)(=O)CCNC(=O)Cc2ccc3c(c2)CCCC3)C[C@H](C)O1. The molecule has 27 heavy (non-hydrogen) atoms. The van der Waals surface area contributed by atoms with Crippen molar-refractivity contribution < 1.29 is 17.9 Å². The molecule has 1 heterocycles. The average molecular weight is 395 g/mol. The molecular weight excluding hydrogens is 364 g/mol. The molecule has 0 radical (unpaired) electrons. The molecule has 3 rings (SSSR count). The normalized spacial score (nSPS) is 23.6. The minimum Gasteiger partial charge on any atom is -0.373 e. The summed E-state index contributed by atoms with van der Waals surface area (Å²) in [5.74, 6) is -0.216. The van der Waals surface area contributed by atoms with E-state index in [2.05, 4.69) is 17.4 Å². The number of amides is 1. The summed E-state index contributed by atoms with van der Waals surface area (Å²) in [4.78, 5) is 12.2. The van der Waals surface area contributed by atoms with Gasteiger partial charge in [-0.05, 0) is 56.2 Å². The number of hydrogen-bond donors (Lipinski definition) is 1. The lowest BCUT2D eigenvalue weighted by atomic mass is 9.90. The summed E-state index contributed by atoms with van der Waals surface area (Å²) in [5, 5.41) is 2.75. The van der Waals surface area contributed by atoms with Crippen molar-refractivity contribution in [3.63, 3.8) is 0 Å². The number of ether oxygens (including phenoxy) is 1. The predicted molar refractivity (Wildman–Crippen MR) is 105 cm³/mol. The highest BCUT2D eigenvalue weighted by Gasteiger charge is 2.30. The van der Waals surface area contributed by atoms with Crippen LogP contribution in [0.25, 0.3) is 0 Å². The number of sulfonamides is 1. The Morgan fingerprint density at radius 3 is 2.52 bits per heavy atom. The fourth-order valence-electron chi connectivity index (χ4n) is 3.95. The van der Waals surface area contributed by atoms with Crippen LogP contribution in [0.2, 0.25) is 0 Å². The zero-order chi connectivity index (χ0) is 19.4. The molecule has 1 aromatic carbocycles. The summed E-state index contributed by atoms with van der Waals surface area (Å²) in [7, 11) is -3.39. The summed E-state index contributed by atoms with van der Waals surface area (Å²) in [5.41, 5.74) is 3.74. The Hall–Kier alpha value is -1.44. The Bertz CT molecular complexity index is 768. The van der Waals surface area contributed by atoms with E-state index >= 15 is 0 Å². The first-order valence-corrected chi connectivity index (χ1v) is 11.4. The molecule has 1 N–H and O–H groups in total. The van der Waals surface area contributed by atoms with Gasteiger partial charge in [0.15, 0.2) is 0 Å². The van der Waals surface area contributed by atoms with Crippen molar-refractivity contribution in [1.82, 2.24) is 9.62 Å². The van der Waals surface area contributed by atoms with Gasteiger partial charge in [0.25, 0.3) is 0 Å². The number of carbonyl (C=O) groups is 1. The molecule has 0 bridgehead atoms. The number of hydrogen-bond acceptors (Lipinski definition) is 4. The monoisotopic (exact) mass is 394 g/mol. The quantitative estimate of drug-likeness (QED) is 0.796. The van der Waals surface area contributed by atoms with E-state index in [-0.39, 0.29) is 30.4 Å². The van der Waals surface area contributed by atoms with Gasteiger partial charge < -0.3 is 10.1 Å². The third-order valence-corrected chi connectivity index (χ3v) is 7.04.